The van der Waals surface area contributed by atoms with Gasteiger partial charge >= 0.3 is 0 Å². The Morgan fingerprint density at radius 2 is 2.00 bits per heavy atom. The van der Waals surface area contributed by atoms with Gasteiger partial charge in [-0.25, -0.2) is 4.98 Å². The minimum Gasteiger partial charge on any atom is -0.377 e. The molecule has 0 aliphatic carbocycles. The normalized spacial score (nSPS) is 23.7. The van der Waals surface area contributed by atoms with Crippen molar-refractivity contribution in [3.8, 4) is 0 Å². The number of ether oxygens (including phenoxy) is 1. The average Bonchev–Trinajstić information content (AvgIpc) is 3.23. The second-order valence-corrected chi connectivity index (χ2v) is 9.09. The Kier molecular flexibility index (Phi) is 7.16. The minimum atomic E-state index is 0.159. The first-order valence-electron chi connectivity index (χ1n) is 10.7. The molecule has 0 bridgehead atoms. The monoisotopic (exact) mass is 387 g/mol. The van der Waals surface area contributed by atoms with Gasteiger partial charge in [-0.1, -0.05) is 26.8 Å². The summed E-state index contributed by atoms with van der Waals surface area (Å²) in [5.41, 5.74) is 1.33. The Labute approximate surface area is 170 Å². The minimum absolute atomic E-state index is 0.159. The molecule has 0 aromatic carbocycles. The lowest BCUT2D eigenvalue weighted by molar-refractivity contribution is -0.0835. The van der Waals surface area contributed by atoms with Crippen LogP contribution in [-0.2, 0) is 11.3 Å². The number of anilines is 1. The molecular weight excluding hydrogens is 350 g/mol. The van der Waals surface area contributed by atoms with Crippen molar-refractivity contribution < 1.29 is 4.74 Å². The second kappa shape index (κ2) is 9.59. The number of guanidine groups is 1. The number of aromatic nitrogens is 1. The maximum atomic E-state index is 6.09. The number of hydrogen-bond donors (Lipinski definition) is 2. The van der Waals surface area contributed by atoms with Gasteiger partial charge in [0.1, 0.15) is 5.82 Å². The predicted molar refractivity (Wildman–Crippen MR) is 116 cm³/mol. The van der Waals surface area contributed by atoms with E-state index >= 15 is 0 Å². The zero-order valence-electron chi connectivity index (χ0n) is 18.0. The van der Waals surface area contributed by atoms with Gasteiger partial charge in [-0.3, -0.25) is 4.99 Å². The molecule has 1 aromatic heterocycles. The molecule has 0 amide bonds. The van der Waals surface area contributed by atoms with Crippen LogP contribution in [0, 0.1) is 11.3 Å². The fraction of sp³-hybridized carbons (Fsp3) is 0.727. The first-order chi connectivity index (χ1) is 13.5. The van der Waals surface area contributed by atoms with Gasteiger partial charge in [-0.05, 0) is 42.7 Å². The molecule has 2 atom stereocenters. The quantitative estimate of drug-likeness (QED) is 0.600. The van der Waals surface area contributed by atoms with Crippen LogP contribution < -0.4 is 15.5 Å². The maximum absolute atomic E-state index is 6.09. The Balaban J connectivity index is 1.48. The summed E-state index contributed by atoms with van der Waals surface area (Å²) in [6.45, 7) is 11.5. The summed E-state index contributed by atoms with van der Waals surface area (Å²) in [7, 11) is 1.82. The molecule has 2 aliphatic heterocycles. The van der Waals surface area contributed by atoms with Crippen molar-refractivity contribution in [2.45, 2.75) is 59.1 Å². The van der Waals surface area contributed by atoms with E-state index in [1.807, 2.05) is 13.2 Å². The summed E-state index contributed by atoms with van der Waals surface area (Å²) in [5.74, 6) is 2.44. The van der Waals surface area contributed by atoms with E-state index in [9.17, 15) is 0 Å². The van der Waals surface area contributed by atoms with E-state index in [-0.39, 0.29) is 11.5 Å². The average molecular weight is 388 g/mol. The van der Waals surface area contributed by atoms with E-state index in [1.54, 1.807) is 0 Å². The molecule has 2 N–H and O–H groups in total. The summed E-state index contributed by atoms with van der Waals surface area (Å²) < 4.78 is 6.09. The first-order valence-corrected chi connectivity index (χ1v) is 10.7. The summed E-state index contributed by atoms with van der Waals surface area (Å²) in [4.78, 5) is 11.4. The lowest BCUT2D eigenvalue weighted by Gasteiger charge is -2.40. The van der Waals surface area contributed by atoms with Crippen LogP contribution in [0.5, 0.6) is 0 Å². The molecule has 6 nitrogen and oxygen atoms in total. The second-order valence-electron chi connectivity index (χ2n) is 9.09. The number of hydrogen-bond acceptors (Lipinski definition) is 4. The zero-order chi connectivity index (χ0) is 20.0. The Morgan fingerprint density at radius 1 is 1.21 bits per heavy atom. The van der Waals surface area contributed by atoms with Crippen LogP contribution in [0.1, 0.15) is 52.0 Å². The van der Waals surface area contributed by atoms with Gasteiger partial charge in [-0.15, -0.1) is 0 Å². The molecule has 2 fully saturated rings. The molecule has 2 saturated heterocycles. The van der Waals surface area contributed by atoms with Gasteiger partial charge in [-0.2, -0.15) is 0 Å². The first kappa shape index (κ1) is 20.9. The summed E-state index contributed by atoms with van der Waals surface area (Å²) in [6.07, 6.45) is 7.14. The number of aliphatic imine (C=N–C) groups is 1. The molecule has 2 aliphatic rings. The molecular formula is C22H37N5O. The smallest absolute Gasteiger partial charge is 0.191 e. The number of rotatable bonds is 5. The van der Waals surface area contributed by atoms with E-state index in [0.717, 1.165) is 51.0 Å². The van der Waals surface area contributed by atoms with E-state index in [0.29, 0.717) is 5.92 Å². The lowest BCUT2D eigenvalue weighted by Crippen LogP contribution is -2.47. The van der Waals surface area contributed by atoms with Gasteiger partial charge in [0, 0.05) is 51.9 Å². The van der Waals surface area contributed by atoms with E-state index in [4.69, 9.17) is 4.74 Å². The molecule has 3 heterocycles. The van der Waals surface area contributed by atoms with E-state index in [2.05, 4.69) is 58.4 Å². The van der Waals surface area contributed by atoms with Crippen LogP contribution >= 0.6 is 0 Å². The fourth-order valence-electron chi connectivity index (χ4n) is 4.30. The third-order valence-electron chi connectivity index (χ3n) is 5.75. The van der Waals surface area contributed by atoms with Crippen molar-refractivity contribution in [2.75, 3.05) is 38.2 Å². The molecule has 1 aromatic rings. The molecule has 156 valence electrons. The van der Waals surface area contributed by atoms with Crippen LogP contribution in [-0.4, -0.2) is 50.3 Å². The van der Waals surface area contributed by atoms with Gasteiger partial charge in [0.25, 0.3) is 0 Å². The number of pyridine rings is 1. The van der Waals surface area contributed by atoms with Crippen LogP contribution in [0.2, 0.25) is 0 Å². The molecule has 3 rings (SSSR count). The third kappa shape index (κ3) is 5.60. The zero-order valence-corrected chi connectivity index (χ0v) is 18.0. The Bertz CT molecular complexity index is 631. The molecule has 0 spiro atoms. The van der Waals surface area contributed by atoms with Crippen molar-refractivity contribution in [1.82, 2.24) is 15.6 Å². The fourth-order valence-corrected chi connectivity index (χ4v) is 4.30. The van der Waals surface area contributed by atoms with E-state index < -0.39 is 0 Å². The molecule has 28 heavy (non-hydrogen) atoms. The van der Waals surface area contributed by atoms with Gasteiger partial charge in [0.05, 0.1) is 6.10 Å². The van der Waals surface area contributed by atoms with E-state index in [1.165, 1.54) is 24.8 Å². The largest absolute Gasteiger partial charge is 0.377 e. The maximum Gasteiger partial charge on any atom is 0.191 e. The predicted octanol–water partition coefficient (Wildman–Crippen LogP) is 3.19. The Hall–Kier alpha value is -1.82. The van der Waals surface area contributed by atoms with Crippen LogP contribution in [0.25, 0.3) is 0 Å². The van der Waals surface area contributed by atoms with Crippen molar-refractivity contribution in [1.29, 1.82) is 0 Å². The van der Waals surface area contributed by atoms with Crippen LogP contribution in [0.4, 0.5) is 5.82 Å². The van der Waals surface area contributed by atoms with Crippen molar-refractivity contribution in [2.24, 2.45) is 16.3 Å². The Morgan fingerprint density at radius 3 is 2.64 bits per heavy atom. The highest BCUT2D eigenvalue weighted by molar-refractivity contribution is 5.79. The molecule has 0 radical (unpaired) electrons. The molecule has 2 unspecified atom stereocenters. The highest BCUT2D eigenvalue weighted by Crippen LogP contribution is 2.33. The number of nitrogens with one attached hydrogen (secondary N) is 2. The van der Waals surface area contributed by atoms with Gasteiger partial charge in [0.2, 0.25) is 0 Å². The molecule has 0 saturated carbocycles. The molecule has 6 heteroatoms. The van der Waals surface area contributed by atoms with Crippen molar-refractivity contribution in [3.63, 3.8) is 0 Å². The van der Waals surface area contributed by atoms with Crippen molar-refractivity contribution >= 4 is 11.8 Å². The standard InChI is InChI=1S/C22H37N5O/c1-22(2,3)20-18(8-7-13-28-20)16-26-21(23-4)25-15-17-9-10-19(24-14-17)27-11-5-6-12-27/h9-10,14,18,20H,5-8,11-13,15-16H2,1-4H3,(H2,23,25,26). The lowest BCUT2D eigenvalue weighted by atomic mass is 9.78. The highest BCUT2D eigenvalue weighted by Gasteiger charge is 2.35. The van der Waals surface area contributed by atoms with Crippen LogP contribution in [0.15, 0.2) is 23.3 Å². The third-order valence-corrected chi connectivity index (χ3v) is 5.75. The summed E-state index contributed by atoms with van der Waals surface area (Å²) >= 11 is 0. The van der Waals surface area contributed by atoms with Crippen molar-refractivity contribution in [3.05, 3.63) is 23.9 Å². The highest BCUT2D eigenvalue weighted by atomic mass is 16.5. The topological polar surface area (TPSA) is 61.8 Å². The van der Waals surface area contributed by atoms with Crippen LogP contribution in [0.3, 0.4) is 0 Å². The SMILES string of the molecule is CN=C(NCc1ccc(N2CCCC2)nc1)NCC1CCCOC1C(C)(C)C. The van der Waals surface area contributed by atoms with Gasteiger partial charge < -0.3 is 20.3 Å². The summed E-state index contributed by atoms with van der Waals surface area (Å²) in [5, 5.41) is 6.91. The number of nitrogens with zero attached hydrogens (tertiary/aromatic N) is 3. The summed E-state index contributed by atoms with van der Waals surface area (Å²) in [6, 6.07) is 4.29. The van der Waals surface area contributed by atoms with Gasteiger partial charge in [0.15, 0.2) is 5.96 Å².